The maximum Gasteiger partial charge on any atom is 0.443 e. The minimum Gasteiger partial charge on any atom is -0.395 e. The van der Waals surface area contributed by atoms with Gasteiger partial charge in [0.25, 0.3) is 5.71 Å². The standard InChI is InChI=1S/C7H7N3O4/c1-2-3-4(8)9-10-5(3)13-6(11)7(12)14-10/h2H2,1H3,(H2,8,9). The summed E-state index contributed by atoms with van der Waals surface area (Å²) < 4.78 is 10.0. The molecule has 2 aromatic heterocycles. The summed E-state index contributed by atoms with van der Waals surface area (Å²) in [6, 6.07) is 0. The molecule has 0 atom stereocenters. The second-order valence-corrected chi connectivity index (χ2v) is 2.66. The first-order chi connectivity index (χ1) is 6.63. The van der Waals surface area contributed by atoms with Crippen molar-refractivity contribution in [3.05, 3.63) is 26.4 Å². The van der Waals surface area contributed by atoms with E-state index in [9.17, 15) is 9.59 Å². The third-order valence-corrected chi connectivity index (χ3v) is 1.82. The average molecular weight is 197 g/mol. The fraction of sp³-hybridized carbons (Fsp3) is 0.286. The maximum atomic E-state index is 10.9. The fourth-order valence-corrected chi connectivity index (χ4v) is 1.17. The van der Waals surface area contributed by atoms with Gasteiger partial charge in [-0.25, -0.2) is 9.59 Å². The van der Waals surface area contributed by atoms with E-state index < -0.39 is 11.3 Å². The highest BCUT2D eigenvalue weighted by Gasteiger charge is 2.14. The SMILES string of the molecule is CCc1c(N)nn2oc(=O)c(=O)oc12. The summed E-state index contributed by atoms with van der Waals surface area (Å²) in [4.78, 5) is 21.6. The fourth-order valence-electron chi connectivity index (χ4n) is 1.17. The van der Waals surface area contributed by atoms with E-state index in [2.05, 4.69) is 9.62 Å². The van der Waals surface area contributed by atoms with Crippen molar-refractivity contribution < 1.29 is 8.94 Å². The largest absolute Gasteiger partial charge is 0.443 e. The van der Waals surface area contributed by atoms with E-state index in [1.165, 1.54) is 0 Å². The number of hydrogen-bond acceptors (Lipinski definition) is 6. The minimum absolute atomic E-state index is 0.0783. The number of hydrogen-bond donors (Lipinski definition) is 1. The summed E-state index contributed by atoms with van der Waals surface area (Å²) in [5.74, 6) is 0.185. The lowest BCUT2D eigenvalue weighted by Gasteiger charge is -1.89. The predicted molar refractivity (Wildman–Crippen MR) is 46.1 cm³/mol. The van der Waals surface area contributed by atoms with Crippen LogP contribution in [0.3, 0.4) is 0 Å². The summed E-state index contributed by atoms with van der Waals surface area (Å²) in [7, 11) is 0. The second-order valence-electron chi connectivity index (χ2n) is 2.66. The van der Waals surface area contributed by atoms with Crippen molar-refractivity contribution in [2.24, 2.45) is 0 Å². The molecular formula is C7H7N3O4. The molecule has 0 radical (unpaired) electrons. The normalized spacial score (nSPS) is 10.9. The third-order valence-electron chi connectivity index (χ3n) is 1.82. The van der Waals surface area contributed by atoms with Crippen molar-refractivity contribution in [1.29, 1.82) is 0 Å². The van der Waals surface area contributed by atoms with Crippen molar-refractivity contribution in [1.82, 2.24) is 9.79 Å². The number of rotatable bonds is 1. The first-order valence-corrected chi connectivity index (χ1v) is 3.95. The van der Waals surface area contributed by atoms with Gasteiger partial charge in [0.2, 0.25) is 0 Å². The zero-order valence-electron chi connectivity index (χ0n) is 7.31. The van der Waals surface area contributed by atoms with Crippen LogP contribution in [0.2, 0.25) is 0 Å². The quantitative estimate of drug-likeness (QED) is 0.611. The van der Waals surface area contributed by atoms with Crippen LogP contribution in [0.25, 0.3) is 5.71 Å². The monoisotopic (exact) mass is 197 g/mol. The van der Waals surface area contributed by atoms with E-state index in [0.29, 0.717) is 12.0 Å². The molecule has 0 saturated carbocycles. The van der Waals surface area contributed by atoms with E-state index in [-0.39, 0.29) is 11.5 Å². The highest BCUT2D eigenvalue weighted by Crippen LogP contribution is 2.15. The van der Waals surface area contributed by atoms with Gasteiger partial charge in [-0.1, -0.05) is 6.92 Å². The zero-order chi connectivity index (χ0) is 10.3. The van der Waals surface area contributed by atoms with E-state index in [1.54, 1.807) is 0 Å². The summed E-state index contributed by atoms with van der Waals surface area (Å²) >= 11 is 0. The van der Waals surface area contributed by atoms with Crippen LogP contribution in [0.5, 0.6) is 0 Å². The summed E-state index contributed by atoms with van der Waals surface area (Å²) in [5, 5.41) is 3.68. The summed E-state index contributed by atoms with van der Waals surface area (Å²) in [5.41, 5.74) is 3.96. The Labute approximate surface area is 76.7 Å². The topological polar surface area (TPSA) is 104 Å². The minimum atomic E-state index is -1.11. The Kier molecular flexibility index (Phi) is 1.66. The van der Waals surface area contributed by atoms with Crippen molar-refractivity contribution in [2.75, 3.05) is 5.73 Å². The maximum absolute atomic E-state index is 10.9. The Morgan fingerprint density at radius 1 is 1.43 bits per heavy atom. The van der Waals surface area contributed by atoms with E-state index >= 15 is 0 Å². The Morgan fingerprint density at radius 3 is 2.79 bits per heavy atom. The molecule has 0 aliphatic heterocycles. The Balaban J connectivity index is 2.96. The second kappa shape index (κ2) is 2.72. The molecule has 0 unspecified atom stereocenters. The van der Waals surface area contributed by atoms with E-state index in [4.69, 9.17) is 10.2 Å². The molecule has 0 spiro atoms. The molecule has 7 heteroatoms. The molecule has 2 rings (SSSR count). The van der Waals surface area contributed by atoms with Crippen molar-refractivity contribution in [3.63, 3.8) is 0 Å². The summed E-state index contributed by atoms with van der Waals surface area (Å²) in [6.07, 6.45) is 0.534. The molecule has 7 nitrogen and oxygen atoms in total. The molecule has 74 valence electrons. The first kappa shape index (κ1) is 8.54. The number of aromatic nitrogens is 2. The average Bonchev–Trinajstić information content (AvgIpc) is 2.42. The van der Waals surface area contributed by atoms with Gasteiger partial charge in [0.15, 0.2) is 5.82 Å². The molecule has 0 aliphatic carbocycles. The van der Waals surface area contributed by atoms with Gasteiger partial charge in [0.1, 0.15) is 0 Å². The third kappa shape index (κ3) is 1.02. The Bertz CT molecular complexity index is 591. The van der Waals surface area contributed by atoms with Gasteiger partial charge < -0.3 is 14.7 Å². The smallest absolute Gasteiger partial charge is 0.395 e. The molecule has 2 N–H and O–H groups in total. The molecule has 0 saturated heterocycles. The van der Waals surface area contributed by atoms with E-state index in [0.717, 1.165) is 4.69 Å². The molecule has 0 aromatic carbocycles. The van der Waals surface area contributed by atoms with E-state index in [1.807, 2.05) is 6.92 Å². The lowest BCUT2D eigenvalue weighted by molar-refractivity contribution is 0.250. The van der Waals surface area contributed by atoms with Crippen molar-refractivity contribution in [2.45, 2.75) is 13.3 Å². The van der Waals surface area contributed by atoms with Gasteiger partial charge in [-0.2, -0.15) is 0 Å². The van der Waals surface area contributed by atoms with Crippen LogP contribution in [0.1, 0.15) is 12.5 Å². The van der Waals surface area contributed by atoms with Crippen LogP contribution >= 0.6 is 0 Å². The Hall–Kier alpha value is -2.05. The van der Waals surface area contributed by atoms with Gasteiger partial charge >= 0.3 is 11.3 Å². The lowest BCUT2D eigenvalue weighted by Crippen LogP contribution is -2.23. The van der Waals surface area contributed by atoms with Crippen LogP contribution in [0.4, 0.5) is 5.82 Å². The molecule has 2 heterocycles. The van der Waals surface area contributed by atoms with Crippen LogP contribution in [-0.2, 0) is 6.42 Å². The molecular weight excluding hydrogens is 190 g/mol. The number of nitrogens with two attached hydrogens (primary N) is 1. The van der Waals surface area contributed by atoms with Gasteiger partial charge in [0, 0.05) is 0 Å². The number of nitrogens with zero attached hydrogens (tertiary/aromatic N) is 2. The molecule has 0 bridgehead atoms. The van der Waals surface area contributed by atoms with Crippen LogP contribution in [-0.4, -0.2) is 9.79 Å². The van der Waals surface area contributed by atoms with Crippen LogP contribution in [0.15, 0.2) is 18.5 Å². The van der Waals surface area contributed by atoms with Gasteiger partial charge in [-0.15, -0.1) is 5.10 Å². The van der Waals surface area contributed by atoms with Crippen molar-refractivity contribution >= 4 is 11.5 Å². The summed E-state index contributed by atoms with van der Waals surface area (Å²) in [6.45, 7) is 1.82. The van der Waals surface area contributed by atoms with Crippen LogP contribution < -0.4 is 17.0 Å². The molecule has 0 aliphatic rings. The zero-order valence-corrected chi connectivity index (χ0v) is 7.31. The predicted octanol–water partition coefficient (Wildman–Crippen LogP) is -0.615. The lowest BCUT2D eigenvalue weighted by atomic mass is 10.2. The highest BCUT2D eigenvalue weighted by atomic mass is 16.6. The van der Waals surface area contributed by atoms with Crippen molar-refractivity contribution in [3.8, 4) is 0 Å². The number of fused-ring (bicyclic) bond motifs is 1. The molecule has 0 amide bonds. The van der Waals surface area contributed by atoms with Gasteiger partial charge in [-0.3, -0.25) is 0 Å². The van der Waals surface area contributed by atoms with Gasteiger partial charge in [0.05, 0.1) is 5.56 Å². The number of nitrogen functional groups attached to an aromatic ring is 1. The molecule has 2 aromatic rings. The highest BCUT2D eigenvalue weighted by molar-refractivity contribution is 5.55. The molecule has 0 fully saturated rings. The van der Waals surface area contributed by atoms with Gasteiger partial charge in [-0.05, 0) is 11.1 Å². The first-order valence-electron chi connectivity index (χ1n) is 3.95. The van der Waals surface area contributed by atoms with Crippen LogP contribution in [0, 0.1) is 0 Å². The Morgan fingerprint density at radius 2 is 2.14 bits per heavy atom. The molecule has 14 heavy (non-hydrogen) atoms. The number of aryl methyl sites for hydroxylation is 1. The number of anilines is 1.